The van der Waals surface area contributed by atoms with Crippen molar-refractivity contribution in [3.8, 4) is 12.3 Å². The van der Waals surface area contributed by atoms with Crippen LogP contribution in [0.25, 0.3) is 0 Å². The lowest BCUT2D eigenvalue weighted by atomic mass is 10.1. The van der Waals surface area contributed by atoms with Gasteiger partial charge in [-0.1, -0.05) is 18.8 Å². The van der Waals surface area contributed by atoms with E-state index < -0.39 is 0 Å². The van der Waals surface area contributed by atoms with Gasteiger partial charge in [0.05, 0.1) is 6.54 Å². The Hall–Kier alpha value is -0.520. The van der Waals surface area contributed by atoms with Crippen molar-refractivity contribution in [1.82, 2.24) is 10.2 Å². The third-order valence-corrected chi connectivity index (χ3v) is 3.26. The van der Waals surface area contributed by atoms with Crippen molar-refractivity contribution >= 4 is 0 Å². The summed E-state index contributed by atoms with van der Waals surface area (Å²) in [5, 5.41) is 3.26. The predicted octanol–water partition coefficient (Wildman–Crippen LogP) is 1.47. The van der Waals surface area contributed by atoms with E-state index in [1.807, 2.05) is 0 Å². The largest absolute Gasteiger partial charge is 0.305 e. The van der Waals surface area contributed by atoms with Crippen LogP contribution in [0.1, 0.15) is 32.6 Å². The molecule has 0 heterocycles. The molecule has 2 nitrogen and oxygen atoms in total. The quantitative estimate of drug-likeness (QED) is 0.527. The fourth-order valence-corrected chi connectivity index (χ4v) is 2.17. The van der Waals surface area contributed by atoms with E-state index in [9.17, 15) is 0 Å². The van der Waals surface area contributed by atoms with E-state index in [0.717, 1.165) is 12.6 Å². The molecule has 1 rings (SSSR count). The van der Waals surface area contributed by atoms with Crippen molar-refractivity contribution in [2.75, 3.05) is 20.1 Å². The van der Waals surface area contributed by atoms with Gasteiger partial charge in [0, 0.05) is 18.6 Å². The van der Waals surface area contributed by atoms with Crippen molar-refractivity contribution in [3.05, 3.63) is 0 Å². The standard InChI is InChI=1S/C12H22N2/c1-4-9-13-10-11(2)14(3)12-7-5-6-8-12/h1,11-13H,5-10H2,2-3H3. The van der Waals surface area contributed by atoms with Crippen LogP contribution in [0.3, 0.4) is 0 Å². The highest BCUT2D eigenvalue weighted by molar-refractivity contribution is 4.87. The summed E-state index contributed by atoms with van der Waals surface area (Å²) in [6, 6.07) is 1.39. The Labute approximate surface area is 88.1 Å². The highest BCUT2D eigenvalue weighted by Gasteiger charge is 2.22. The summed E-state index contributed by atoms with van der Waals surface area (Å²) < 4.78 is 0. The molecule has 1 aliphatic rings. The monoisotopic (exact) mass is 194 g/mol. The summed E-state index contributed by atoms with van der Waals surface area (Å²) in [4.78, 5) is 2.50. The number of nitrogens with zero attached hydrogens (tertiary/aromatic N) is 1. The normalized spacial score (nSPS) is 19.9. The molecule has 0 aliphatic heterocycles. The lowest BCUT2D eigenvalue weighted by molar-refractivity contribution is 0.184. The van der Waals surface area contributed by atoms with E-state index in [1.165, 1.54) is 25.7 Å². The third-order valence-electron chi connectivity index (χ3n) is 3.26. The molecule has 14 heavy (non-hydrogen) atoms. The van der Waals surface area contributed by atoms with Crippen LogP contribution in [-0.2, 0) is 0 Å². The maximum atomic E-state index is 5.19. The molecule has 1 saturated carbocycles. The predicted molar refractivity (Wildman–Crippen MR) is 61.2 cm³/mol. The fourth-order valence-electron chi connectivity index (χ4n) is 2.17. The molecule has 0 radical (unpaired) electrons. The molecule has 1 N–H and O–H groups in total. The van der Waals surface area contributed by atoms with Crippen molar-refractivity contribution < 1.29 is 0 Å². The molecule has 2 heteroatoms. The molecule has 0 spiro atoms. The second-order valence-corrected chi connectivity index (χ2v) is 4.29. The second kappa shape index (κ2) is 6.06. The molecule has 1 atom stereocenters. The Morgan fingerprint density at radius 2 is 2.14 bits per heavy atom. The van der Waals surface area contributed by atoms with Crippen molar-refractivity contribution in [2.45, 2.75) is 44.7 Å². The highest BCUT2D eigenvalue weighted by atomic mass is 15.2. The minimum absolute atomic E-state index is 0.589. The van der Waals surface area contributed by atoms with Gasteiger partial charge in [-0.3, -0.25) is 4.90 Å². The summed E-state index contributed by atoms with van der Waals surface area (Å²) in [5.74, 6) is 2.60. The summed E-state index contributed by atoms with van der Waals surface area (Å²) in [5.41, 5.74) is 0. The molecule has 0 aromatic carbocycles. The molecule has 1 fully saturated rings. The number of hydrogen-bond acceptors (Lipinski definition) is 2. The first-order chi connectivity index (χ1) is 6.75. The molecule has 0 bridgehead atoms. The van der Waals surface area contributed by atoms with E-state index >= 15 is 0 Å². The molecule has 80 valence electrons. The minimum Gasteiger partial charge on any atom is -0.305 e. The van der Waals surface area contributed by atoms with Gasteiger partial charge in [-0.2, -0.15) is 0 Å². The van der Waals surface area contributed by atoms with Crippen LogP contribution in [-0.4, -0.2) is 37.1 Å². The van der Waals surface area contributed by atoms with Crippen LogP contribution < -0.4 is 5.32 Å². The summed E-state index contributed by atoms with van der Waals surface area (Å²) >= 11 is 0. The number of likely N-dealkylation sites (N-methyl/N-ethyl adjacent to an activating group) is 1. The van der Waals surface area contributed by atoms with Crippen molar-refractivity contribution in [3.63, 3.8) is 0 Å². The molecule has 0 aromatic heterocycles. The lowest BCUT2D eigenvalue weighted by Gasteiger charge is -2.30. The first-order valence-corrected chi connectivity index (χ1v) is 5.62. The molecule has 0 aromatic rings. The van der Waals surface area contributed by atoms with Gasteiger partial charge in [0.2, 0.25) is 0 Å². The van der Waals surface area contributed by atoms with Crippen LogP contribution in [0.5, 0.6) is 0 Å². The zero-order chi connectivity index (χ0) is 10.4. The molecule has 0 saturated heterocycles. The van der Waals surface area contributed by atoms with Gasteiger partial charge < -0.3 is 5.32 Å². The lowest BCUT2D eigenvalue weighted by Crippen LogP contribution is -2.42. The topological polar surface area (TPSA) is 15.3 Å². The van der Waals surface area contributed by atoms with Gasteiger partial charge >= 0.3 is 0 Å². The van der Waals surface area contributed by atoms with Gasteiger partial charge in [-0.25, -0.2) is 0 Å². The Morgan fingerprint density at radius 1 is 1.50 bits per heavy atom. The maximum Gasteiger partial charge on any atom is 0.0574 e. The van der Waals surface area contributed by atoms with E-state index in [0.29, 0.717) is 12.6 Å². The number of terminal acetylenes is 1. The summed E-state index contributed by atoms with van der Waals surface area (Å²) in [6.07, 6.45) is 10.7. The Bertz CT molecular complexity index is 189. The fraction of sp³-hybridized carbons (Fsp3) is 0.833. The van der Waals surface area contributed by atoms with Crippen molar-refractivity contribution in [2.24, 2.45) is 0 Å². The smallest absolute Gasteiger partial charge is 0.0574 e. The number of nitrogens with one attached hydrogen (secondary N) is 1. The first kappa shape index (κ1) is 11.6. The van der Waals surface area contributed by atoms with Gasteiger partial charge in [0.1, 0.15) is 0 Å². The van der Waals surface area contributed by atoms with Crippen LogP contribution in [0.2, 0.25) is 0 Å². The summed E-state index contributed by atoms with van der Waals surface area (Å²) in [7, 11) is 2.23. The maximum absolute atomic E-state index is 5.19. The van der Waals surface area contributed by atoms with E-state index in [4.69, 9.17) is 6.42 Å². The number of rotatable bonds is 5. The first-order valence-electron chi connectivity index (χ1n) is 5.62. The zero-order valence-electron chi connectivity index (χ0n) is 9.42. The van der Waals surface area contributed by atoms with Gasteiger partial charge in [0.15, 0.2) is 0 Å². The van der Waals surface area contributed by atoms with Crippen LogP contribution in [0.4, 0.5) is 0 Å². The molecule has 1 aliphatic carbocycles. The Balaban J connectivity index is 2.21. The highest BCUT2D eigenvalue weighted by Crippen LogP contribution is 2.23. The Kier molecular flexibility index (Phi) is 5.00. The molecular formula is C12H22N2. The van der Waals surface area contributed by atoms with Crippen molar-refractivity contribution in [1.29, 1.82) is 0 Å². The van der Waals surface area contributed by atoms with E-state index in [2.05, 4.69) is 30.1 Å². The van der Waals surface area contributed by atoms with Crippen LogP contribution in [0, 0.1) is 12.3 Å². The average molecular weight is 194 g/mol. The van der Waals surface area contributed by atoms with Gasteiger partial charge in [0.25, 0.3) is 0 Å². The molecule has 1 unspecified atom stereocenters. The third kappa shape index (κ3) is 3.32. The summed E-state index contributed by atoms with van der Waals surface area (Å²) in [6.45, 7) is 3.95. The Morgan fingerprint density at radius 3 is 2.71 bits per heavy atom. The van der Waals surface area contributed by atoms with Crippen LogP contribution >= 0.6 is 0 Å². The minimum atomic E-state index is 0.589. The van der Waals surface area contributed by atoms with E-state index in [-0.39, 0.29) is 0 Å². The SMILES string of the molecule is C#CCNCC(C)N(C)C1CCCC1. The molecular weight excluding hydrogens is 172 g/mol. The van der Waals surface area contributed by atoms with Gasteiger partial charge in [-0.15, -0.1) is 6.42 Å². The second-order valence-electron chi connectivity index (χ2n) is 4.29. The van der Waals surface area contributed by atoms with Crippen LogP contribution in [0.15, 0.2) is 0 Å². The van der Waals surface area contributed by atoms with Gasteiger partial charge in [-0.05, 0) is 26.8 Å². The number of hydrogen-bond donors (Lipinski definition) is 1. The average Bonchev–Trinajstić information content (AvgIpc) is 2.69. The molecule has 0 amide bonds. The zero-order valence-corrected chi connectivity index (χ0v) is 9.42. The van der Waals surface area contributed by atoms with E-state index in [1.54, 1.807) is 0 Å².